The minimum atomic E-state index is -1.50. The summed E-state index contributed by atoms with van der Waals surface area (Å²) in [6.07, 6.45) is 0. The van der Waals surface area contributed by atoms with E-state index in [9.17, 15) is 13.2 Å². The molecule has 0 spiro atoms. The van der Waals surface area contributed by atoms with E-state index in [1.807, 2.05) is 6.92 Å². The zero-order valence-electron chi connectivity index (χ0n) is 10.2. The minimum absolute atomic E-state index is 0.177. The van der Waals surface area contributed by atoms with Gasteiger partial charge in [0, 0.05) is 0 Å². The van der Waals surface area contributed by atoms with E-state index in [0.29, 0.717) is 0 Å². The quantitative estimate of drug-likeness (QED) is 0.798. The van der Waals surface area contributed by atoms with Gasteiger partial charge < -0.3 is 9.47 Å². The van der Waals surface area contributed by atoms with E-state index >= 15 is 0 Å². The normalized spacial score (nSPS) is 10.4. The van der Waals surface area contributed by atoms with Crippen LogP contribution in [0.2, 0.25) is 0 Å². The number of aryl methyl sites for hydroxylation is 1. The molecule has 0 unspecified atom stereocenters. The molecule has 1 aromatic carbocycles. The molecule has 0 bridgehead atoms. The van der Waals surface area contributed by atoms with E-state index in [0.717, 1.165) is 12.7 Å². The lowest BCUT2D eigenvalue weighted by molar-refractivity contribution is 0.319. The van der Waals surface area contributed by atoms with Gasteiger partial charge in [0.15, 0.2) is 0 Å². The summed E-state index contributed by atoms with van der Waals surface area (Å²) in [5, 5.41) is 0. The molecule has 0 aliphatic carbocycles. The van der Waals surface area contributed by atoms with Crippen molar-refractivity contribution in [1.29, 1.82) is 0 Å². The van der Waals surface area contributed by atoms with Crippen molar-refractivity contribution in [3.63, 3.8) is 0 Å². The highest BCUT2D eigenvalue weighted by Crippen LogP contribution is 2.32. The van der Waals surface area contributed by atoms with Crippen LogP contribution in [-0.2, 0) is 0 Å². The van der Waals surface area contributed by atoms with Crippen molar-refractivity contribution in [3.8, 4) is 17.4 Å². The van der Waals surface area contributed by atoms with Crippen LogP contribution in [0.4, 0.5) is 13.2 Å². The third-order valence-corrected chi connectivity index (χ3v) is 2.40. The Kier molecular flexibility index (Phi) is 3.59. The Bertz CT molecular complexity index is 600. The van der Waals surface area contributed by atoms with E-state index < -0.39 is 29.2 Å². The van der Waals surface area contributed by atoms with Gasteiger partial charge >= 0.3 is 0 Å². The average Bonchev–Trinajstić information content (AvgIpc) is 2.41. The second-order valence-electron chi connectivity index (χ2n) is 3.78. The molecule has 0 fully saturated rings. The number of nitrogens with zero attached hydrogens (tertiary/aromatic N) is 1. The lowest BCUT2D eigenvalue weighted by Crippen LogP contribution is -2.03. The van der Waals surface area contributed by atoms with Crippen molar-refractivity contribution in [2.75, 3.05) is 7.11 Å². The number of ether oxygens (including phenoxy) is 2. The molecule has 0 radical (unpaired) electrons. The summed E-state index contributed by atoms with van der Waals surface area (Å²) in [4.78, 5) is 2.99. The highest BCUT2D eigenvalue weighted by Gasteiger charge is 2.23. The molecule has 1 aromatic heterocycles. The van der Waals surface area contributed by atoms with Gasteiger partial charge in [0.05, 0.1) is 7.11 Å². The fourth-order valence-electron chi connectivity index (χ4n) is 1.42. The Morgan fingerprint density at radius 1 is 1.00 bits per heavy atom. The largest absolute Gasteiger partial charge is 0.479 e. The molecule has 19 heavy (non-hydrogen) atoms. The van der Waals surface area contributed by atoms with E-state index in [4.69, 9.17) is 4.74 Å². The fourth-order valence-corrected chi connectivity index (χ4v) is 1.42. The van der Waals surface area contributed by atoms with Crippen LogP contribution < -0.4 is 9.47 Å². The van der Waals surface area contributed by atoms with Crippen molar-refractivity contribution >= 4 is 0 Å². The lowest BCUT2D eigenvalue weighted by atomic mass is 10.2. The first-order valence-electron chi connectivity index (χ1n) is 5.36. The maximum atomic E-state index is 13.8. The number of pyridine rings is 1. The van der Waals surface area contributed by atoms with Crippen LogP contribution in [-0.4, -0.2) is 12.1 Å². The lowest BCUT2D eigenvalue weighted by Gasteiger charge is -2.10. The molecule has 100 valence electrons. The number of halogens is 3. The molecular formula is C13H10F3NO2. The van der Waals surface area contributed by atoms with Crippen LogP contribution in [0.15, 0.2) is 24.3 Å². The van der Waals surface area contributed by atoms with Crippen LogP contribution in [0.25, 0.3) is 0 Å². The average molecular weight is 269 g/mol. The number of rotatable bonds is 3. The third-order valence-electron chi connectivity index (χ3n) is 2.40. The van der Waals surface area contributed by atoms with Crippen molar-refractivity contribution in [2.45, 2.75) is 6.92 Å². The first-order valence-corrected chi connectivity index (χ1v) is 5.36. The van der Waals surface area contributed by atoms with Crippen LogP contribution in [0.3, 0.4) is 0 Å². The highest BCUT2D eigenvalue weighted by molar-refractivity contribution is 5.37. The van der Waals surface area contributed by atoms with Gasteiger partial charge in [-0.1, -0.05) is 17.7 Å². The van der Waals surface area contributed by atoms with Gasteiger partial charge in [-0.3, -0.25) is 0 Å². The first kappa shape index (κ1) is 13.2. The molecule has 2 rings (SSSR count). The van der Waals surface area contributed by atoms with Crippen LogP contribution in [0.5, 0.6) is 17.4 Å². The van der Waals surface area contributed by atoms with Crippen molar-refractivity contribution in [3.05, 3.63) is 47.4 Å². The van der Waals surface area contributed by atoms with Crippen molar-refractivity contribution in [2.24, 2.45) is 0 Å². The van der Waals surface area contributed by atoms with E-state index in [-0.39, 0.29) is 5.75 Å². The molecule has 0 saturated carbocycles. The van der Waals surface area contributed by atoms with Crippen LogP contribution >= 0.6 is 0 Å². The summed E-state index contributed by atoms with van der Waals surface area (Å²) in [5.41, 5.74) is 0.951. The van der Waals surface area contributed by atoms with Gasteiger partial charge in [-0.25, -0.2) is 0 Å². The molecule has 2 aromatic rings. The summed E-state index contributed by atoms with van der Waals surface area (Å²) in [6, 6.07) is 6.41. The predicted octanol–water partition coefficient (Wildman–Crippen LogP) is 3.61. The molecular weight excluding hydrogens is 259 g/mol. The van der Waals surface area contributed by atoms with Gasteiger partial charge in [0.2, 0.25) is 17.4 Å². The summed E-state index contributed by atoms with van der Waals surface area (Å²) in [7, 11) is 1.10. The van der Waals surface area contributed by atoms with E-state index in [2.05, 4.69) is 9.72 Å². The highest BCUT2D eigenvalue weighted by atomic mass is 19.2. The van der Waals surface area contributed by atoms with Crippen LogP contribution in [0.1, 0.15) is 5.56 Å². The fraction of sp³-hybridized carbons (Fsp3) is 0.154. The summed E-state index contributed by atoms with van der Waals surface area (Å²) < 4.78 is 49.9. The second kappa shape index (κ2) is 5.17. The van der Waals surface area contributed by atoms with E-state index in [1.54, 1.807) is 12.1 Å². The molecule has 3 nitrogen and oxygen atoms in total. The molecule has 0 N–H and O–H groups in total. The Balaban J connectivity index is 2.44. The first-order chi connectivity index (χ1) is 9.02. The Morgan fingerprint density at radius 2 is 1.63 bits per heavy atom. The summed E-state index contributed by atoms with van der Waals surface area (Å²) in [6.45, 7) is 1.85. The second-order valence-corrected chi connectivity index (χ2v) is 3.78. The zero-order valence-corrected chi connectivity index (χ0v) is 10.2. The molecule has 0 amide bonds. The van der Waals surface area contributed by atoms with Gasteiger partial charge in [0.1, 0.15) is 5.75 Å². The Hall–Kier alpha value is -2.24. The van der Waals surface area contributed by atoms with Gasteiger partial charge in [-0.15, -0.1) is 0 Å². The van der Waals surface area contributed by atoms with Crippen molar-refractivity contribution in [1.82, 2.24) is 4.98 Å². The minimum Gasteiger partial charge on any atom is -0.479 e. The number of hydrogen-bond acceptors (Lipinski definition) is 3. The summed E-state index contributed by atoms with van der Waals surface area (Å²) >= 11 is 0. The predicted molar refractivity (Wildman–Crippen MR) is 61.9 cm³/mol. The topological polar surface area (TPSA) is 31.4 Å². The van der Waals surface area contributed by atoms with Gasteiger partial charge in [-0.05, 0) is 19.1 Å². The summed E-state index contributed by atoms with van der Waals surface area (Å²) in [5.74, 6) is -5.55. The number of methoxy groups -OCH3 is 1. The Labute approximate surface area is 107 Å². The zero-order chi connectivity index (χ0) is 14.0. The van der Waals surface area contributed by atoms with Gasteiger partial charge in [0.25, 0.3) is 11.8 Å². The SMILES string of the molecule is COc1nc(F)c(F)c(Oc2ccc(C)cc2)c1F. The smallest absolute Gasteiger partial charge is 0.257 e. The molecule has 0 saturated heterocycles. The molecule has 0 aliphatic rings. The number of benzene rings is 1. The van der Waals surface area contributed by atoms with Crippen LogP contribution in [0, 0.1) is 24.5 Å². The molecule has 1 heterocycles. The van der Waals surface area contributed by atoms with Crippen molar-refractivity contribution < 1.29 is 22.6 Å². The number of hydrogen-bond donors (Lipinski definition) is 0. The monoisotopic (exact) mass is 269 g/mol. The molecule has 0 atom stereocenters. The molecule has 0 aliphatic heterocycles. The Morgan fingerprint density at radius 3 is 2.21 bits per heavy atom. The molecule has 6 heteroatoms. The maximum Gasteiger partial charge on any atom is 0.257 e. The maximum absolute atomic E-state index is 13.8. The van der Waals surface area contributed by atoms with E-state index in [1.165, 1.54) is 12.1 Å². The van der Waals surface area contributed by atoms with Gasteiger partial charge in [-0.2, -0.15) is 18.2 Å². The standard InChI is InChI=1S/C13H10F3NO2/c1-7-3-5-8(6-4-7)19-11-9(14)12(16)17-13(18-2)10(11)15/h3-6H,1-2H3. The third kappa shape index (κ3) is 2.62. The number of aromatic nitrogens is 1.